The fourth-order valence-electron chi connectivity index (χ4n) is 2.03. The molecule has 0 atom stereocenters. The maximum atomic E-state index is 5.83. The molecule has 1 fully saturated rings. The number of benzene rings is 1. The normalized spacial score (nSPS) is 19.6. The molecule has 3 nitrogen and oxygen atoms in total. The van der Waals surface area contributed by atoms with Crippen molar-refractivity contribution in [3.8, 4) is 0 Å². The van der Waals surface area contributed by atoms with Gasteiger partial charge in [-0.3, -0.25) is 0 Å². The first-order valence-electron chi connectivity index (χ1n) is 5.82. The lowest BCUT2D eigenvalue weighted by atomic mass is 10.00. The zero-order chi connectivity index (χ0) is 11.4. The summed E-state index contributed by atoms with van der Waals surface area (Å²) in [5.41, 5.74) is 7.96. The Labute approximate surface area is 96.5 Å². The van der Waals surface area contributed by atoms with Crippen molar-refractivity contribution in [1.82, 2.24) is 0 Å². The first kappa shape index (κ1) is 11.6. The number of hydrogen-bond acceptors (Lipinski definition) is 3. The van der Waals surface area contributed by atoms with Crippen LogP contribution >= 0.6 is 0 Å². The number of rotatable bonds is 3. The van der Waals surface area contributed by atoms with Gasteiger partial charge in [0.15, 0.2) is 5.79 Å². The second kappa shape index (κ2) is 4.95. The van der Waals surface area contributed by atoms with Crippen LogP contribution in [0, 0.1) is 6.92 Å². The molecular formula is C13H19NO2. The first-order valence-corrected chi connectivity index (χ1v) is 5.82. The molecule has 3 heteroatoms. The molecule has 1 aromatic carbocycles. The van der Waals surface area contributed by atoms with Crippen LogP contribution in [0.4, 0.5) is 0 Å². The van der Waals surface area contributed by atoms with E-state index >= 15 is 0 Å². The summed E-state index contributed by atoms with van der Waals surface area (Å²) < 4.78 is 11.7. The van der Waals surface area contributed by atoms with Gasteiger partial charge >= 0.3 is 0 Å². The Morgan fingerprint density at radius 2 is 1.81 bits per heavy atom. The van der Waals surface area contributed by atoms with Crippen LogP contribution in [0.1, 0.15) is 24.0 Å². The van der Waals surface area contributed by atoms with E-state index in [1.165, 1.54) is 5.56 Å². The van der Waals surface area contributed by atoms with Crippen molar-refractivity contribution in [1.29, 1.82) is 0 Å². The molecule has 0 bridgehead atoms. The van der Waals surface area contributed by atoms with Gasteiger partial charge in [-0.1, -0.05) is 29.8 Å². The van der Waals surface area contributed by atoms with Gasteiger partial charge < -0.3 is 15.2 Å². The minimum absolute atomic E-state index is 0.563. The number of aryl methyl sites for hydroxylation is 1. The molecular weight excluding hydrogens is 202 g/mol. The van der Waals surface area contributed by atoms with Crippen LogP contribution in [0.5, 0.6) is 0 Å². The summed E-state index contributed by atoms with van der Waals surface area (Å²) in [7, 11) is 0. The largest absolute Gasteiger partial charge is 0.346 e. The topological polar surface area (TPSA) is 44.5 Å². The van der Waals surface area contributed by atoms with Gasteiger partial charge in [0.05, 0.1) is 13.2 Å². The van der Waals surface area contributed by atoms with Gasteiger partial charge in [-0.05, 0) is 19.9 Å². The minimum atomic E-state index is -0.610. The van der Waals surface area contributed by atoms with Crippen molar-refractivity contribution in [2.24, 2.45) is 5.73 Å². The molecule has 1 aliphatic rings. The van der Waals surface area contributed by atoms with Crippen LogP contribution in [-0.2, 0) is 15.3 Å². The average molecular weight is 221 g/mol. The van der Waals surface area contributed by atoms with Gasteiger partial charge in [-0.2, -0.15) is 0 Å². The third-order valence-corrected chi connectivity index (χ3v) is 2.92. The van der Waals surface area contributed by atoms with Crippen LogP contribution < -0.4 is 5.73 Å². The predicted octanol–water partition coefficient (Wildman–Crippen LogP) is 1.93. The van der Waals surface area contributed by atoms with Crippen molar-refractivity contribution < 1.29 is 9.47 Å². The molecule has 1 saturated heterocycles. The highest BCUT2D eigenvalue weighted by Crippen LogP contribution is 2.33. The van der Waals surface area contributed by atoms with Crippen molar-refractivity contribution in [3.63, 3.8) is 0 Å². The van der Waals surface area contributed by atoms with Crippen molar-refractivity contribution >= 4 is 0 Å². The van der Waals surface area contributed by atoms with E-state index in [1.807, 2.05) is 0 Å². The monoisotopic (exact) mass is 221 g/mol. The summed E-state index contributed by atoms with van der Waals surface area (Å²) in [5, 5.41) is 0. The second-order valence-corrected chi connectivity index (χ2v) is 4.21. The highest BCUT2D eigenvalue weighted by Gasteiger charge is 2.35. The molecule has 0 saturated carbocycles. The minimum Gasteiger partial charge on any atom is -0.346 e. The van der Waals surface area contributed by atoms with Crippen molar-refractivity contribution in [2.75, 3.05) is 19.8 Å². The third kappa shape index (κ3) is 2.26. The second-order valence-electron chi connectivity index (χ2n) is 4.21. The SMILES string of the molecule is Cc1ccc(C2(CCN)OCCCO2)cc1. The van der Waals surface area contributed by atoms with Crippen LogP contribution in [0.15, 0.2) is 24.3 Å². The maximum absolute atomic E-state index is 5.83. The Balaban J connectivity index is 2.26. The average Bonchev–Trinajstić information content (AvgIpc) is 2.31. The van der Waals surface area contributed by atoms with Gasteiger partial charge in [0.25, 0.3) is 0 Å². The van der Waals surface area contributed by atoms with E-state index in [-0.39, 0.29) is 0 Å². The zero-order valence-electron chi connectivity index (χ0n) is 9.74. The molecule has 0 unspecified atom stereocenters. The number of hydrogen-bond donors (Lipinski definition) is 1. The van der Waals surface area contributed by atoms with Gasteiger partial charge in [-0.15, -0.1) is 0 Å². The fraction of sp³-hybridized carbons (Fsp3) is 0.538. The number of ether oxygens (including phenoxy) is 2. The summed E-state index contributed by atoms with van der Waals surface area (Å²) in [6.45, 7) is 4.12. The standard InChI is InChI=1S/C13H19NO2/c1-11-3-5-12(6-4-11)13(7-8-14)15-9-2-10-16-13/h3-6H,2,7-10,14H2,1H3. The Kier molecular flexibility index (Phi) is 3.59. The maximum Gasteiger partial charge on any atom is 0.195 e. The molecule has 16 heavy (non-hydrogen) atoms. The fourth-order valence-corrected chi connectivity index (χ4v) is 2.03. The molecule has 88 valence electrons. The Morgan fingerprint density at radius 1 is 1.19 bits per heavy atom. The Morgan fingerprint density at radius 3 is 2.38 bits per heavy atom. The summed E-state index contributed by atoms with van der Waals surface area (Å²) in [4.78, 5) is 0. The molecule has 0 aromatic heterocycles. The Bertz CT molecular complexity index is 323. The van der Waals surface area contributed by atoms with Crippen LogP contribution in [0.3, 0.4) is 0 Å². The summed E-state index contributed by atoms with van der Waals surface area (Å²) in [6, 6.07) is 8.29. The molecule has 1 aromatic rings. The summed E-state index contributed by atoms with van der Waals surface area (Å²) in [6.07, 6.45) is 1.66. The lowest BCUT2D eigenvalue weighted by molar-refractivity contribution is -0.278. The lowest BCUT2D eigenvalue weighted by Gasteiger charge is -2.37. The molecule has 2 N–H and O–H groups in total. The van der Waals surface area contributed by atoms with Gasteiger partial charge in [0.1, 0.15) is 0 Å². The molecule has 1 heterocycles. The number of nitrogens with two attached hydrogens (primary N) is 1. The van der Waals surface area contributed by atoms with Gasteiger partial charge in [-0.25, -0.2) is 0 Å². The Hall–Kier alpha value is -0.900. The van der Waals surface area contributed by atoms with Crippen molar-refractivity contribution in [3.05, 3.63) is 35.4 Å². The van der Waals surface area contributed by atoms with Crippen LogP contribution in [0.25, 0.3) is 0 Å². The highest BCUT2D eigenvalue weighted by atomic mass is 16.7. The van der Waals surface area contributed by atoms with Gasteiger partial charge in [0, 0.05) is 12.0 Å². The molecule has 0 aliphatic carbocycles. The molecule has 0 amide bonds. The molecule has 1 aliphatic heterocycles. The lowest BCUT2D eigenvalue weighted by Crippen LogP contribution is -2.39. The van der Waals surface area contributed by atoms with E-state index < -0.39 is 5.79 Å². The van der Waals surface area contributed by atoms with Gasteiger partial charge in [0.2, 0.25) is 0 Å². The quantitative estimate of drug-likeness (QED) is 0.848. The molecule has 2 rings (SSSR count). The first-order chi connectivity index (χ1) is 7.77. The molecule has 0 spiro atoms. The van der Waals surface area contributed by atoms with E-state index in [1.54, 1.807) is 0 Å². The van der Waals surface area contributed by atoms with E-state index in [0.717, 1.165) is 25.2 Å². The van der Waals surface area contributed by atoms with E-state index in [4.69, 9.17) is 15.2 Å². The molecule has 0 radical (unpaired) electrons. The van der Waals surface area contributed by atoms with Crippen LogP contribution in [0.2, 0.25) is 0 Å². The highest BCUT2D eigenvalue weighted by molar-refractivity contribution is 5.25. The van der Waals surface area contributed by atoms with Crippen LogP contribution in [-0.4, -0.2) is 19.8 Å². The van der Waals surface area contributed by atoms with E-state index in [2.05, 4.69) is 31.2 Å². The van der Waals surface area contributed by atoms with E-state index in [0.29, 0.717) is 13.0 Å². The third-order valence-electron chi connectivity index (χ3n) is 2.92. The summed E-state index contributed by atoms with van der Waals surface area (Å²) >= 11 is 0. The van der Waals surface area contributed by atoms with Crippen molar-refractivity contribution in [2.45, 2.75) is 25.6 Å². The van der Waals surface area contributed by atoms with E-state index in [9.17, 15) is 0 Å². The smallest absolute Gasteiger partial charge is 0.195 e. The predicted molar refractivity (Wildman–Crippen MR) is 63.0 cm³/mol. The summed E-state index contributed by atoms with van der Waals surface area (Å²) in [5.74, 6) is -0.610. The zero-order valence-corrected chi connectivity index (χ0v) is 9.74.